The minimum absolute atomic E-state index is 0.0231. The second-order valence-corrected chi connectivity index (χ2v) is 5.26. The maximum Gasteiger partial charge on any atom is 0.387 e. The molecule has 0 spiro atoms. The van der Waals surface area contributed by atoms with E-state index in [1.54, 1.807) is 30.3 Å². The van der Waals surface area contributed by atoms with Gasteiger partial charge in [0.1, 0.15) is 17.2 Å². The summed E-state index contributed by atoms with van der Waals surface area (Å²) in [7, 11) is 0. The predicted molar refractivity (Wildman–Crippen MR) is 86.0 cm³/mol. The lowest BCUT2D eigenvalue weighted by Crippen LogP contribution is -2.29. The van der Waals surface area contributed by atoms with Crippen LogP contribution >= 0.6 is 12.2 Å². The van der Waals surface area contributed by atoms with Crippen molar-refractivity contribution in [3.8, 4) is 5.75 Å². The van der Waals surface area contributed by atoms with E-state index in [2.05, 4.69) is 10.1 Å². The molecule has 5 nitrogen and oxygen atoms in total. The second kappa shape index (κ2) is 6.79. The van der Waals surface area contributed by atoms with Crippen molar-refractivity contribution in [1.29, 1.82) is 0 Å². The van der Waals surface area contributed by atoms with Gasteiger partial charge in [-0.15, -0.1) is 0 Å². The number of nitrogens with one attached hydrogen (secondary N) is 1. The Bertz CT molecular complexity index is 790. The molecular formula is C16H12F2N2O3S. The molecule has 0 aliphatic carbocycles. The molecule has 8 heteroatoms. The van der Waals surface area contributed by atoms with Crippen LogP contribution < -0.4 is 10.1 Å². The minimum Gasteiger partial charge on any atom is -0.467 e. The van der Waals surface area contributed by atoms with E-state index in [0.29, 0.717) is 11.3 Å². The number of carbonyl (C=O) groups excluding carboxylic acids is 1. The first kappa shape index (κ1) is 16.1. The van der Waals surface area contributed by atoms with E-state index >= 15 is 0 Å². The van der Waals surface area contributed by atoms with Gasteiger partial charge >= 0.3 is 6.61 Å². The van der Waals surface area contributed by atoms with E-state index in [1.165, 1.54) is 23.3 Å². The van der Waals surface area contributed by atoms with Gasteiger partial charge in [-0.05, 0) is 36.5 Å². The molecule has 1 aliphatic rings. The van der Waals surface area contributed by atoms with Crippen LogP contribution in [0.4, 0.5) is 8.78 Å². The van der Waals surface area contributed by atoms with Crippen LogP contribution in [0.2, 0.25) is 0 Å². The van der Waals surface area contributed by atoms with Crippen molar-refractivity contribution in [2.45, 2.75) is 13.2 Å². The Balaban J connectivity index is 1.84. The molecule has 1 N–H and O–H groups in total. The highest BCUT2D eigenvalue weighted by molar-refractivity contribution is 7.80. The van der Waals surface area contributed by atoms with Crippen LogP contribution in [-0.4, -0.2) is 22.5 Å². The highest BCUT2D eigenvalue weighted by Crippen LogP contribution is 2.24. The fourth-order valence-corrected chi connectivity index (χ4v) is 2.49. The zero-order chi connectivity index (χ0) is 17.1. The molecule has 24 heavy (non-hydrogen) atoms. The topological polar surface area (TPSA) is 54.7 Å². The number of thiocarbonyl (C=S) groups is 1. The normalized spacial score (nSPS) is 16.1. The molecule has 2 aromatic rings. The van der Waals surface area contributed by atoms with E-state index < -0.39 is 6.61 Å². The Labute approximate surface area is 141 Å². The molecule has 0 bridgehead atoms. The first-order valence-corrected chi connectivity index (χ1v) is 7.36. The van der Waals surface area contributed by atoms with Gasteiger partial charge in [-0.1, -0.05) is 18.2 Å². The molecule has 0 saturated carbocycles. The van der Waals surface area contributed by atoms with Crippen molar-refractivity contribution in [3.63, 3.8) is 0 Å². The molecule has 1 saturated heterocycles. The first-order valence-electron chi connectivity index (χ1n) is 6.95. The molecule has 1 aromatic heterocycles. The Morgan fingerprint density at radius 3 is 2.79 bits per heavy atom. The summed E-state index contributed by atoms with van der Waals surface area (Å²) in [4.78, 5) is 13.8. The Morgan fingerprint density at radius 2 is 2.08 bits per heavy atom. The van der Waals surface area contributed by atoms with Crippen LogP contribution in [0.3, 0.4) is 0 Å². The van der Waals surface area contributed by atoms with E-state index in [4.69, 9.17) is 16.6 Å². The summed E-state index contributed by atoms with van der Waals surface area (Å²) in [5.74, 6) is 0.184. The number of halogens is 2. The van der Waals surface area contributed by atoms with Gasteiger partial charge in [0.05, 0.1) is 12.8 Å². The van der Waals surface area contributed by atoms with Crippen molar-refractivity contribution in [2.24, 2.45) is 0 Å². The number of carbonyl (C=O) groups is 1. The van der Waals surface area contributed by atoms with Crippen LogP contribution in [0, 0.1) is 0 Å². The average Bonchev–Trinajstić information content (AvgIpc) is 3.13. The fourth-order valence-electron chi connectivity index (χ4n) is 2.23. The van der Waals surface area contributed by atoms with Crippen LogP contribution in [0.15, 0.2) is 52.8 Å². The summed E-state index contributed by atoms with van der Waals surface area (Å²) in [6, 6.07) is 9.62. The SMILES string of the molecule is O=C1/C(=C\c2ccccc2OC(F)F)NC(=S)N1Cc1ccco1. The van der Waals surface area contributed by atoms with Gasteiger partial charge < -0.3 is 14.5 Å². The highest BCUT2D eigenvalue weighted by Gasteiger charge is 2.31. The number of amides is 1. The van der Waals surface area contributed by atoms with E-state index in [9.17, 15) is 13.6 Å². The molecule has 0 unspecified atom stereocenters. The number of hydrogen-bond donors (Lipinski definition) is 1. The van der Waals surface area contributed by atoms with Gasteiger partial charge in [-0.2, -0.15) is 8.78 Å². The van der Waals surface area contributed by atoms with E-state index in [-0.39, 0.29) is 29.0 Å². The maximum atomic E-state index is 12.5. The second-order valence-electron chi connectivity index (χ2n) is 4.88. The third-order valence-electron chi connectivity index (χ3n) is 3.29. The largest absolute Gasteiger partial charge is 0.467 e. The smallest absolute Gasteiger partial charge is 0.387 e. The molecule has 1 amide bonds. The van der Waals surface area contributed by atoms with Crippen molar-refractivity contribution < 1.29 is 22.7 Å². The van der Waals surface area contributed by atoms with Gasteiger partial charge in [0, 0.05) is 5.56 Å². The number of rotatable bonds is 5. The van der Waals surface area contributed by atoms with E-state index in [1.807, 2.05) is 0 Å². The number of para-hydroxylation sites is 1. The Morgan fingerprint density at radius 1 is 1.29 bits per heavy atom. The van der Waals surface area contributed by atoms with Crippen molar-refractivity contribution in [3.05, 3.63) is 59.7 Å². The van der Waals surface area contributed by atoms with Gasteiger partial charge in [-0.3, -0.25) is 9.69 Å². The quantitative estimate of drug-likeness (QED) is 0.663. The summed E-state index contributed by atoms with van der Waals surface area (Å²) < 4.78 is 34.6. The van der Waals surface area contributed by atoms with Crippen LogP contribution in [0.1, 0.15) is 11.3 Å². The Hall–Kier alpha value is -2.74. The molecule has 1 aliphatic heterocycles. The average molecular weight is 350 g/mol. The van der Waals surface area contributed by atoms with Crippen LogP contribution in [0.5, 0.6) is 5.75 Å². The molecule has 1 aromatic carbocycles. The maximum absolute atomic E-state index is 12.5. The Kier molecular flexibility index (Phi) is 4.57. The summed E-state index contributed by atoms with van der Waals surface area (Å²) >= 11 is 5.15. The molecule has 124 valence electrons. The number of benzene rings is 1. The zero-order valence-electron chi connectivity index (χ0n) is 12.2. The number of alkyl halides is 2. The molecule has 0 atom stereocenters. The van der Waals surface area contributed by atoms with Crippen molar-refractivity contribution >= 4 is 29.3 Å². The molecular weight excluding hydrogens is 338 g/mol. The van der Waals surface area contributed by atoms with Crippen molar-refractivity contribution in [1.82, 2.24) is 10.2 Å². The van der Waals surface area contributed by atoms with Gasteiger partial charge in [0.2, 0.25) is 0 Å². The third-order valence-corrected chi connectivity index (χ3v) is 3.61. The number of furan rings is 1. The first-order chi connectivity index (χ1) is 11.5. The van der Waals surface area contributed by atoms with Gasteiger partial charge in [0.25, 0.3) is 5.91 Å². The fraction of sp³-hybridized carbons (Fsp3) is 0.125. The monoisotopic (exact) mass is 350 g/mol. The summed E-state index contributed by atoms with van der Waals surface area (Å²) in [6.45, 7) is -2.77. The number of hydrogen-bond acceptors (Lipinski definition) is 4. The number of nitrogens with zero attached hydrogens (tertiary/aromatic N) is 1. The predicted octanol–water partition coefficient (Wildman–Crippen LogP) is 3.14. The lowest BCUT2D eigenvalue weighted by atomic mass is 10.1. The van der Waals surface area contributed by atoms with Crippen molar-refractivity contribution in [2.75, 3.05) is 0 Å². The summed E-state index contributed by atoms with van der Waals surface area (Å²) in [5.41, 5.74) is 0.521. The van der Waals surface area contributed by atoms with Crippen LogP contribution in [-0.2, 0) is 11.3 Å². The number of ether oxygens (including phenoxy) is 1. The summed E-state index contributed by atoms with van der Waals surface area (Å²) in [5, 5.41) is 3.00. The standard InChI is InChI=1S/C16H12F2N2O3S/c17-15(18)23-13-6-2-1-4-10(13)8-12-14(21)20(16(24)19-12)9-11-5-3-7-22-11/h1-8,15H,9H2,(H,19,24)/b12-8+. The lowest BCUT2D eigenvalue weighted by Gasteiger charge is -2.11. The zero-order valence-corrected chi connectivity index (χ0v) is 13.1. The highest BCUT2D eigenvalue weighted by atomic mass is 32.1. The molecule has 1 fully saturated rings. The van der Waals surface area contributed by atoms with E-state index in [0.717, 1.165) is 0 Å². The third kappa shape index (κ3) is 3.43. The molecule has 0 radical (unpaired) electrons. The van der Waals surface area contributed by atoms with Gasteiger partial charge in [0.15, 0.2) is 5.11 Å². The van der Waals surface area contributed by atoms with Crippen LogP contribution in [0.25, 0.3) is 6.08 Å². The molecule has 2 heterocycles. The summed E-state index contributed by atoms with van der Waals surface area (Å²) in [6.07, 6.45) is 2.93. The molecule has 3 rings (SSSR count). The lowest BCUT2D eigenvalue weighted by molar-refractivity contribution is -0.122. The van der Waals surface area contributed by atoms with Gasteiger partial charge in [-0.25, -0.2) is 0 Å². The minimum atomic E-state index is -2.95.